The van der Waals surface area contributed by atoms with Gasteiger partial charge in [-0.15, -0.1) is 0 Å². The zero-order valence-electron chi connectivity index (χ0n) is 8.39. The highest BCUT2D eigenvalue weighted by Gasteiger charge is 2.32. The average Bonchev–Trinajstić information content (AvgIpc) is 2.17. The topological polar surface area (TPSA) is 71.5 Å². The minimum absolute atomic E-state index is 0.0120. The van der Waals surface area contributed by atoms with Gasteiger partial charge in [0.05, 0.1) is 0 Å². The highest BCUT2D eigenvalue weighted by Crippen LogP contribution is 2.25. The Kier molecular flexibility index (Phi) is 3.28. The minimum atomic E-state index is -0.981. The molecule has 0 atom stereocenters. The molecule has 0 radical (unpaired) electrons. The Bertz CT molecular complexity index is 376. The Morgan fingerprint density at radius 2 is 2.31 bits per heavy atom. The summed E-state index contributed by atoms with van der Waals surface area (Å²) in [4.78, 5) is 14.4. The molecule has 0 spiro atoms. The zero-order chi connectivity index (χ0) is 11.5. The Morgan fingerprint density at radius 1 is 1.56 bits per heavy atom. The van der Waals surface area contributed by atoms with E-state index in [-0.39, 0.29) is 12.1 Å². The molecule has 86 valence electrons. The fraction of sp³-hybridized carbons (Fsp3) is 0.400. The van der Waals surface area contributed by atoms with Crippen LogP contribution in [-0.4, -0.2) is 28.3 Å². The fourth-order valence-corrected chi connectivity index (χ4v) is 1.79. The summed E-state index contributed by atoms with van der Waals surface area (Å²) in [5.41, 5.74) is 0. The van der Waals surface area contributed by atoms with E-state index in [0.717, 1.165) is 4.47 Å². The molecule has 16 heavy (non-hydrogen) atoms. The van der Waals surface area contributed by atoms with Gasteiger partial charge in [-0.05, 0) is 22.0 Å². The number of hydrogen-bond acceptors (Lipinski definition) is 3. The fourth-order valence-electron chi connectivity index (χ4n) is 1.56. The van der Waals surface area contributed by atoms with Gasteiger partial charge in [0.2, 0.25) is 5.88 Å². The predicted molar refractivity (Wildman–Crippen MR) is 60.5 cm³/mol. The molecule has 1 aromatic heterocycles. The maximum absolute atomic E-state index is 10.3. The van der Waals surface area contributed by atoms with Crippen molar-refractivity contribution in [3.8, 4) is 5.88 Å². The second-order valence-electron chi connectivity index (χ2n) is 3.67. The van der Waals surface area contributed by atoms with Crippen molar-refractivity contribution in [2.75, 3.05) is 0 Å². The molecule has 1 amide bonds. The molecule has 0 aliphatic heterocycles. The van der Waals surface area contributed by atoms with Gasteiger partial charge in [0, 0.05) is 35.6 Å². The second-order valence-corrected chi connectivity index (χ2v) is 4.59. The molecule has 6 heteroatoms. The van der Waals surface area contributed by atoms with Gasteiger partial charge < -0.3 is 15.2 Å². The number of amides is 1. The van der Waals surface area contributed by atoms with Gasteiger partial charge in [-0.2, -0.15) is 0 Å². The monoisotopic (exact) mass is 286 g/mol. The summed E-state index contributed by atoms with van der Waals surface area (Å²) in [6, 6.07) is 3.65. The van der Waals surface area contributed by atoms with Gasteiger partial charge in [-0.1, -0.05) is 0 Å². The summed E-state index contributed by atoms with van der Waals surface area (Å²) in [6.45, 7) is 0. The van der Waals surface area contributed by atoms with E-state index in [0.29, 0.717) is 18.7 Å². The predicted octanol–water partition coefficient (Wildman–Crippen LogP) is 2.02. The highest BCUT2D eigenvalue weighted by atomic mass is 79.9. The van der Waals surface area contributed by atoms with Crippen LogP contribution in [0.4, 0.5) is 4.79 Å². The van der Waals surface area contributed by atoms with Gasteiger partial charge in [0.25, 0.3) is 0 Å². The molecule has 1 aromatic rings. The van der Waals surface area contributed by atoms with Crippen LogP contribution in [0, 0.1) is 0 Å². The van der Waals surface area contributed by atoms with Crippen molar-refractivity contribution in [2.24, 2.45) is 0 Å². The Balaban J connectivity index is 1.77. The van der Waals surface area contributed by atoms with E-state index < -0.39 is 6.09 Å². The van der Waals surface area contributed by atoms with E-state index in [9.17, 15) is 4.79 Å². The van der Waals surface area contributed by atoms with Crippen molar-refractivity contribution in [1.29, 1.82) is 0 Å². The number of hydrogen-bond donors (Lipinski definition) is 2. The van der Waals surface area contributed by atoms with E-state index >= 15 is 0 Å². The third-order valence-electron chi connectivity index (χ3n) is 2.41. The van der Waals surface area contributed by atoms with Crippen LogP contribution in [0.1, 0.15) is 12.8 Å². The molecule has 2 N–H and O–H groups in total. The number of nitrogens with one attached hydrogen (secondary N) is 1. The minimum Gasteiger partial charge on any atom is -0.474 e. The average molecular weight is 287 g/mol. The smallest absolute Gasteiger partial charge is 0.404 e. The second kappa shape index (κ2) is 4.69. The highest BCUT2D eigenvalue weighted by molar-refractivity contribution is 9.10. The van der Waals surface area contributed by atoms with E-state index in [1.165, 1.54) is 0 Å². The van der Waals surface area contributed by atoms with Gasteiger partial charge in [0.1, 0.15) is 6.10 Å². The molecule has 1 saturated carbocycles. The van der Waals surface area contributed by atoms with E-state index in [1.807, 2.05) is 6.07 Å². The molecule has 5 nitrogen and oxygen atoms in total. The molecule has 0 aromatic carbocycles. The first kappa shape index (κ1) is 11.2. The molecule has 0 unspecified atom stereocenters. The summed E-state index contributed by atoms with van der Waals surface area (Å²) in [6.07, 6.45) is 2.14. The lowest BCUT2D eigenvalue weighted by molar-refractivity contribution is 0.0793. The first-order valence-electron chi connectivity index (χ1n) is 4.91. The van der Waals surface area contributed by atoms with E-state index in [2.05, 4.69) is 26.2 Å². The third-order valence-corrected chi connectivity index (χ3v) is 2.88. The number of carboxylic acid groups (broad SMARTS) is 1. The lowest BCUT2D eigenvalue weighted by Gasteiger charge is -2.34. The Labute approximate surface area is 101 Å². The summed E-state index contributed by atoms with van der Waals surface area (Å²) in [5, 5.41) is 10.9. The van der Waals surface area contributed by atoms with Crippen LogP contribution in [0.15, 0.2) is 22.8 Å². The molecule has 1 aliphatic carbocycles. The Hall–Kier alpha value is -1.30. The van der Waals surface area contributed by atoms with Gasteiger partial charge in [-0.3, -0.25) is 0 Å². The maximum atomic E-state index is 10.3. The summed E-state index contributed by atoms with van der Waals surface area (Å²) in [7, 11) is 0. The molecule has 0 saturated heterocycles. The number of rotatable bonds is 3. The zero-order valence-corrected chi connectivity index (χ0v) is 9.98. The van der Waals surface area contributed by atoms with Crippen molar-refractivity contribution in [2.45, 2.75) is 25.0 Å². The Morgan fingerprint density at radius 3 is 2.88 bits per heavy atom. The maximum Gasteiger partial charge on any atom is 0.404 e. The van der Waals surface area contributed by atoms with Crippen molar-refractivity contribution >= 4 is 22.0 Å². The molecule has 1 fully saturated rings. The number of halogens is 1. The quantitative estimate of drug-likeness (QED) is 0.892. The molecule has 0 bridgehead atoms. The van der Waals surface area contributed by atoms with Gasteiger partial charge >= 0.3 is 6.09 Å². The number of pyridine rings is 1. The van der Waals surface area contributed by atoms with Gasteiger partial charge in [-0.25, -0.2) is 9.78 Å². The summed E-state index contributed by atoms with van der Waals surface area (Å²) < 4.78 is 6.45. The van der Waals surface area contributed by atoms with Crippen LogP contribution in [0.5, 0.6) is 5.88 Å². The molecule has 2 rings (SSSR count). The van der Waals surface area contributed by atoms with Crippen LogP contribution in [-0.2, 0) is 0 Å². The lowest BCUT2D eigenvalue weighted by Crippen LogP contribution is -2.48. The van der Waals surface area contributed by atoms with E-state index in [1.54, 1.807) is 12.3 Å². The van der Waals surface area contributed by atoms with Crippen molar-refractivity contribution in [1.82, 2.24) is 10.3 Å². The molecular weight excluding hydrogens is 276 g/mol. The standard InChI is InChI=1S/C10H11BrN2O3/c11-6-1-2-9(12-5-6)16-8-3-7(4-8)13-10(14)15/h1-2,5,7-8,13H,3-4H2,(H,14,15). The normalized spacial score (nSPS) is 23.3. The molecule has 1 aliphatic rings. The number of ether oxygens (including phenoxy) is 1. The van der Waals surface area contributed by atoms with Crippen LogP contribution in [0.25, 0.3) is 0 Å². The van der Waals surface area contributed by atoms with Crippen LogP contribution < -0.4 is 10.1 Å². The van der Waals surface area contributed by atoms with Gasteiger partial charge in [0.15, 0.2) is 0 Å². The largest absolute Gasteiger partial charge is 0.474 e. The number of nitrogens with zero attached hydrogens (tertiary/aromatic N) is 1. The van der Waals surface area contributed by atoms with Crippen LogP contribution in [0.2, 0.25) is 0 Å². The first-order valence-corrected chi connectivity index (χ1v) is 5.70. The number of aromatic nitrogens is 1. The molecular formula is C10H11BrN2O3. The van der Waals surface area contributed by atoms with Crippen molar-refractivity contribution in [3.63, 3.8) is 0 Å². The van der Waals surface area contributed by atoms with Crippen molar-refractivity contribution < 1.29 is 14.6 Å². The van der Waals surface area contributed by atoms with Crippen LogP contribution >= 0.6 is 15.9 Å². The van der Waals surface area contributed by atoms with Crippen molar-refractivity contribution in [3.05, 3.63) is 22.8 Å². The molecule has 1 heterocycles. The third kappa shape index (κ3) is 2.85. The van der Waals surface area contributed by atoms with E-state index in [4.69, 9.17) is 9.84 Å². The summed E-state index contributed by atoms with van der Waals surface area (Å²) in [5.74, 6) is 0.571. The SMILES string of the molecule is O=C(O)NC1CC(Oc2ccc(Br)cn2)C1. The van der Waals surface area contributed by atoms with Crippen LogP contribution in [0.3, 0.4) is 0 Å². The first-order chi connectivity index (χ1) is 7.63. The number of carbonyl (C=O) groups is 1. The lowest BCUT2D eigenvalue weighted by atomic mass is 9.89. The summed E-state index contributed by atoms with van der Waals surface area (Å²) >= 11 is 3.29.